The largest absolute Gasteiger partial charge is 0.334 e. The van der Waals surface area contributed by atoms with Gasteiger partial charge in [0.2, 0.25) is 10.0 Å². The molecule has 0 radical (unpaired) electrons. The highest BCUT2D eigenvalue weighted by atomic mass is 32.2. The molecule has 2 rings (SSSR count). The molecule has 0 aromatic heterocycles. The number of carbonyl (C=O) groups is 1. The molecule has 4 N–H and O–H groups in total. The standard InChI is InChI=1S/C15H21N3O3S/c16-22(20,21)14-8-6-13(7-9-14)11-18-15(19)17-10-12-4-2-1-3-5-12/h6-10H,1-5,11H2,(H2,16,20,21)(H2,17,18,19). The maximum absolute atomic E-state index is 11.7. The smallest absolute Gasteiger partial charge is 0.319 e. The lowest BCUT2D eigenvalue weighted by Gasteiger charge is -2.13. The van der Waals surface area contributed by atoms with Crippen molar-refractivity contribution in [1.82, 2.24) is 10.6 Å². The van der Waals surface area contributed by atoms with E-state index < -0.39 is 10.0 Å². The van der Waals surface area contributed by atoms with E-state index in [2.05, 4.69) is 10.6 Å². The van der Waals surface area contributed by atoms with Crippen LogP contribution < -0.4 is 15.8 Å². The van der Waals surface area contributed by atoms with E-state index in [4.69, 9.17) is 5.14 Å². The molecule has 1 saturated carbocycles. The Kier molecular flexibility index (Phi) is 5.57. The van der Waals surface area contributed by atoms with Gasteiger partial charge in [-0.25, -0.2) is 18.4 Å². The summed E-state index contributed by atoms with van der Waals surface area (Å²) in [7, 11) is -3.68. The third-order valence-corrected chi connectivity index (χ3v) is 4.54. The Labute approximate surface area is 130 Å². The maximum Gasteiger partial charge on any atom is 0.319 e. The molecular weight excluding hydrogens is 302 g/mol. The molecule has 120 valence electrons. The number of nitrogens with two attached hydrogens (primary N) is 1. The number of sulfonamides is 1. The molecule has 0 aliphatic heterocycles. The number of amides is 2. The molecule has 1 aliphatic carbocycles. The van der Waals surface area contributed by atoms with Gasteiger partial charge in [0.25, 0.3) is 0 Å². The number of nitrogens with one attached hydrogen (secondary N) is 2. The number of primary sulfonamides is 1. The normalized spacial score (nSPS) is 15.2. The van der Waals surface area contributed by atoms with Crippen LogP contribution in [-0.2, 0) is 16.6 Å². The fourth-order valence-corrected chi connectivity index (χ4v) is 2.86. The SMILES string of the molecule is NS(=O)(=O)c1ccc(CNC(=O)NC=C2CCCCC2)cc1. The third kappa shape index (κ3) is 5.16. The zero-order chi connectivity index (χ0) is 16.0. The lowest BCUT2D eigenvalue weighted by Crippen LogP contribution is -2.32. The van der Waals surface area contributed by atoms with Crippen molar-refractivity contribution in [2.75, 3.05) is 0 Å². The second kappa shape index (κ2) is 7.42. The van der Waals surface area contributed by atoms with Gasteiger partial charge in [-0.05, 0) is 43.4 Å². The van der Waals surface area contributed by atoms with Crippen LogP contribution >= 0.6 is 0 Å². The fraction of sp³-hybridized carbons (Fsp3) is 0.400. The zero-order valence-electron chi connectivity index (χ0n) is 12.3. The molecule has 0 heterocycles. The van der Waals surface area contributed by atoms with Crippen LogP contribution in [0.2, 0.25) is 0 Å². The first-order valence-corrected chi connectivity index (χ1v) is 8.84. The minimum Gasteiger partial charge on any atom is -0.334 e. The molecule has 0 atom stereocenters. The van der Waals surface area contributed by atoms with Crippen molar-refractivity contribution in [3.05, 3.63) is 41.6 Å². The van der Waals surface area contributed by atoms with E-state index in [0.717, 1.165) is 18.4 Å². The molecule has 1 aromatic carbocycles. The summed E-state index contributed by atoms with van der Waals surface area (Å²) in [5, 5.41) is 10.5. The van der Waals surface area contributed by atoms with Gasteiger partial charge in [-0.15, -0.1) is 0 Å². The number of carbonyl (C=O) groups excluding carboxylic acids is 1. The molecule has 0 unspecified atom stereocenters. The summed E-state index contributed by atoms with van der Waals surface area (Å²) >= 11 is 0. The molecule has 1 fully saturated rings. The Bertz CT molecular complexity index is 643. The van der Waals surface area contributed by atoms with Crippen LogP contribution in [0.1, 0.15) is 37.7 Å². The Morgan fingerprint density at radius 1 is 1.14 bits per heavy atom. The average molecular weight is 323 g/mol. The van der Waals surface area contributed by atoms with E-state index in [0.29, 0.717) is 6.54 Å². The van der Waals surface area contributed by atoms with Gasteiger partial charge in [0, 0.05) is 12.7 Å². The van der Waals surface area contributed by atoms with Crippen LogP contribution in [0, 0.1) is 0 Å². The molecular formula is C15H21N3O3S. The summed E-state index contributed by atoms with van der Waals surface area (Å²) in [6.45, 7) is 0.319. The summed E-state index contributed by atoms with van der Waals surface area (Å²) in [6, 6.07) is 5.83. The Balaban J connectivity index is 1.81. The molecule has 1 aliphatic rings. The van der Waals surface area contributed by atoms with Crippen molar-refractivity contribution in [3.63, 3.8) is 0 Å². The van der Waals surface area contributed by atoms with Crippen LogP contribution in [0.5, 0.6) is 0 Å². The number of rotatable bonds is 4. The van der Waals surface area contributed by atoms with E-state index in [1.807, 2.05) is 0 Å². The van der Waals surface area contributed by atoms with Gasteiger partial charge in [-0.3, -0.25) is 0 Å². The van der Waals surface area contributed by atoms with Crippen molar-refractivity contribution in [2.24, 2.45) is 5.14 Å². The lowest BCUT2D eigenvalue weighted by atomic mass is 9.96. The van der Waals surface area contributed by atoms with Crippen LogP contribution in [0.3, 0.4) is 0 Å². The number of urea groups is 1. The van der Waals surface area contributed by atoms with Gasteiger partial charge < -0.3 is 10.6 Å². The van der Waals surface area contributed by atoms with E-state index in [9.17, 15) is 13.2 Å². The first kappa shape index (κ1) is 16.5. The fourth-order valence-electron chi connectivity index (χ4n) is 2.35. The third-order valence-electron chi connectivity index (χ3n) is 3.61. The van der Waals surface area contributed by atoms with Gasteiger partial charge in [0.15, 0.2) is 0 Å². The van der Waals surface area contributed by atoms with Gasteiger partial charge >= 0.3 is 6.03 Å². The molecule has 1 aromatic rings. The van der Waals surface area contributed by atoms with E-state index in [1.165, 1.54) is 37.0 Å². The van der Waals surface area contributed by atoms with Crippen molar-refractivity contribution < 1.29 is 13.2 Å². The van der Waals surface area contributed by atoms with E-state index in [-0.39, 0.29) is 10.9 Å². The summed E-state index contributed by atoms with van der Waals surface area (Å²) in [6.07, 6.45) is 7.53. The molecule has 0 saturated heterocycles. The molecule has 6 nitrogen and oxygen atoms in total. The number of benzene rings is 1. The van der Waals surface area contributed by atoms with Gasteiger partial charge in [-0.1, -0.05) is 24.1 Å². The topological polar surface area (TPSA) is 101 Å². The second-order valence-corrected chi connectivity index (χ2v) is 6.94. The number of hydrogen-bond donors (Lipinski definition) is 3. The molecule has 22 heavy (non-hydrogen) atoms. The second-order valence-electron chi connectivity index (χ2n) is 5.38. The first-order chi connectivity index (χ1) is 10.4. The average Bonchev–Trinajstić information content (AvgIpc) is 2.51. The summed E-state index contributed by atoms with van der Waals surface area (Å²) in [4.78, 5) is 11.8. The van der Waals surface area contributed by atoms with Gasteiger partial charge in [0.1, 0.15) is 0 Å². The van der Waals surface area contributed by atoms with Crippen LogP contribution in [0.25, 0.3) is 0 Å². The quantitative estimate of drug-likeness (QED) is 0.789. The molecule has 2 amide bonds. The Morgan fingerprint density at radius 3 is 2.36 bits per heavy atom. The van der Waals surface area contributed by atoms with Crippen molar-refractivity contribution in [3.8, 4) is 0 Å². The first-order valence-electron chi connectivity index (χ1n) is 7.29. The molecule has 7 heteroatoms. The highest BCUT2D eigenvalue weighted by Gasteiger charge is 2.08. The van der Waals surface area contributed by atoms with Crippen LogP contribution in [0.4, 0.5) is 4.79 Å². The Hall–Kier alpha value is -1.86. The van der Waals surface area contributed by atoms with Crippen molar-refractivity contribution in [1.29, 1.82) is 0 Å². The monoisotopic (exact) mass is 323 g/mol. The maximum atomic E-state index is 11.7. The lowest BCUT2D eigenvalue weighted by molar-refractivity contribution is 0.243. The van der Waals surface area contributed by atoms with Crippen LogP contribution in [-0.4, -0.2) is 14.4 Å². The van der Waals surface area contributed by atoms with Gasteiger partial charge in [0.05, 0.1) is 4.90 Å². The van der Waals surface area contributed by atoms with Crippen LogP contribution in [0.15, 0.2) is 40.9 Å². The zero-order valence-corrected chi connectivity index (χ0v) is 13.2. The van der Waals surface area contributed by atoms with E-state index >= 15 is 0 Å². The predicted molar refractivity (Wildman–Crippen MR) is 84.4 cm³/mol. The highest BCUT2D eigenvalue weighted by Crippen LogP contribution is 2.21. The number of hydrogen-bond acceptors (Lipinski definition) is 3. The van der Waals surface area contributed by atoms with E-state index in [1.54, 1.807) is 18.3 Å². The van der Waals surface area contributed by atoms with Gasteiger partial charge in [-0.2, -0.15) is 0 Å². The summed E-state index contributed by atoms with van der Waals surface area (Å²) < 4.78 is 22.3. The van der Waals surface area contributed by atoms with Crippen molar-refractivity contribution in [2.45, 2.75) is 43.5 Å². The minimum absolute atomic E-state index is 0.0581. The Morgan fingerprint density at radius 2 is 1.77 bits per heavy atom. The number of allylic oxidation sites excluding steroid dienone is 1. The highest BCUT2D eigenvalue weighted by molar-refractivity contribution is 7.89. The molecule has 0 bridgehead atoms. The summed E-state index contributed by atoms with van der Waals surface area (Å²) in [5.41, 5.74) is 2.08. The minimum atomic E-state index is -3.68. The summed E-state index contributed by atoms with van der Waals surface area (Å²) in [5.74, 6) is 0. The molecule has 0 spiro atoms. The predicted octanol–water partition coefficient (Wildman–Crippen LogP) is 1.98. The van der Waals surface area contributed by atoms with Crippen molar-refractivity contribution >= 4 is 16.1 Å².